The first-order chi connectivity index (χ1) is 66.6. The van der Waals surface area contributed by atoms with E-state index in [0.717, 1.165) is 17.7 Å². The Morgan fingerprint density at radius 2 is 1.20 bits per heavy atom. The molecule has 138 heavy (non-hydrogen) atoms. The van der Waals surface area contributed by atoms with Crippen molar-refractivity contribution in [2.75, 3.05) is 185 Å². The molecule has 4 aromatic rings. The van der Waals surface area contributed by atoms with Crippen LogP contribution in [0.5, 0.6) is 5.75 Å². The van der Waals surface area contributed by atoms with Crippen molar-refractivity contribution < 1.29 is 168 Å². The number of carboxylic acids is 1. The molecule has 3 saturated carbocycles. The van der Waals surface area contributed by atoms with Crippen molar-refractivity contribution in [1.29, 1.82) is 0 Å². The molecule has 4 aliphatic carbocycles. The quantitative estimate of drug-likeness (QED) is 0.0119. The normalized spacial score (nSPS) is 24.1. The van der Waals surface area contributed by atoms with Gasteiger partial charge in [0.25, 0.3) is 17.4 Å². The lowest BCUT2D eigenvalue weighted by Gasteiger charge is -2.68. The minimum Gasteiger partial charge on any atom is -0.479 e. The van der Waals surface area contributed by atoms with Gasteiger partial charge in [-0.05, 0) is 98.7 Å². The van der Waals surface area contributed by atoms with Gasteiger partial charge in [-0.3, -0.25) is 48.1 Å². The lowest BCUT2D eigenvalue weighted by molar-refractivity contribution is -0.271. The minimum atomic E-state index is -2.09. The summed E-state index contributed by atoms with van der Waals surface area (Å²) in [5, 5.41) is 73.7. The SMILES string of the molecule is CC[C@@]1(O)C(=O)OCc2c1cc1n(c2=O)Cc2c-1nc1cc(F)c(C)c3c1c2[C@@H](NC(=O)C12CC(NC(=O)OCc4ccc(O[C@@H]5O[C@H](C(=O)O)[C@@H](O)[C@H](O)[C@H]5O)c(CNC(=O)CCNC(=O)[C@H](CCCC(=O)N[C@H]5CO[C@H]6[C@@H]5OC[C@@H]6NC(=O)CCOCCOCCOCCOCCOCCOCCOCCOCCOCCOCCOCCOC)NC(=O)CN5C(=O)C=CC5=O)c4)(C1)C2)CC3. The molecule has 0 unspecified atom stereocenters. The third-order valence-electron chi connectivity index (χ3n) is 25.4. The van der Waals surface area contributed by atoms with Gasteiger partial charge < -0.3 is 153 Å². The lowest BCUT2D eigenvalue weighted by atomic mass is 9.39. The summed E-state index contributed by atoms with van der Waals surface area (Å²) in [7, 11) is 1.62. The molecule has 0 radical (unpaired) electrons. The Morgan fingerprint density at radius 1 is 0.638 bits per heavy atom. The number of hydrogen-bond donors (Lipinski definition) is 12. The Kier molecular flexibility index (Phi) is 38.2. The van der Waals surface area contributed by atoms with E-state index >= 15 is 4.39 Å². The van der Waals surface area contributed by atoms with Crippen LogP contribution in [0, 0.1) is 18.2 Å². The molecule has 12 atom stereocenters. The number of carbonyl (C=O) groups is 11. The number of pyridine rings is 2. The summed E-state index contributed by atoms with van der Waals surface area (Å²) in [4.78, 5) is 165. The van der Waals surface area contributed by atoms with Crippen molar-refractivity contribution >= 4 is 76.2 Å². The zero-order chi connectivity index (χ0) is 98.0. The molecule has 2 aromatic carbocycles. The number of aryl methyl sites for hydroxylation is 1. The molecule has 45 nitrogen and oxygen atoms in total. The van der Waals surface area contributed by atoms with Crippen LogP contribution in [0.3, 0.4) is 0 Å². The van der Waals surface area contributed by atoms with Gasteiger partial charge in [-0.25, -0.2) is 23.8 Å². The second-order valence-corrected chi connectivity index (χ2v) is 34.8. The van der Waals surface area contributed by atoms with Gasteiger partial charge >= 0.3 is 18.0 Å². The molecule has 758 valence electrons. The fraction of sp³-hybridized carbons (Fsp3) is 0.641. The van der Waals surface area contributed by atoms with E-state index in [2.05, 4.69) is 37.2 Å². The van der Waals surface area contributed by atoms with Crippen LogP contribution in [0.15, 0.2) is 47.3 Å². The molecular formula is C92H123FN10O35. The number of aromatic nitrogens is 2. The number of ether oxygens (including phenoxy) is 18. The molecule has 14 rings (SSSR count). The van der Waals surface area contributed by atoms with Crippen LogP contribution in [-0.2, 0) is 167 Å². The second-order valence-electron chi connectivity index (χ2n) is 34.8. The number of halogens is 1. The van der Waals surface area contributed by atoms with Gasteiger partial charge in [-0.15, -0.1) is 0 Å². The monoisotopic (exact) mass is 1950 g/mol. The van der Waals surface area contributed by atoms with Gasteiger partial charge in [0, 0.05) is 85.3 Å². The zero-order valence-electron chi connectivity index (χ0n) is 77.3. The summed E-state index contributed by atoms with van der Waals surface area (Å²) < 4.78 is 117. The molecule has 8 heterocycles. The number of hydrogen-bond acceptors (Lipinski definition) is 35. The molecule has 46 heteroatoms. The van der Waals surface area contributed by atoms with E-state index in [1.165, 1.54) is 28.8 Å². The predicted molar refractivity (Wildman–Crippen MR) is 472 cm³/mol. The number of methoxy groups -OCH3 is 1. The van der Waals surface area contributed by atoms with E-state index in [9.17, 15) is 83.1 Å². The first-order valence-corrected chi connectivity index (χ1v) is 46.4. The maximum Gasteiger partial charge on any atom is 0.407 e. The van der Waals surface area contributed by atoms with Gasteiger partial charge in [0.1, 0.15) is 67.9 Å². The number of alkyl carbamates (subject to hydrolysis) is 1. The summed E-state index contributed by atoms with van der Waals surface area (Å²) >= 11 is 0. The number of aliphatic carboxylic acids is 1. The second kappa shape index (κ2) is 50.2. The average Bonchev–Trinajstić information content (AvgIpc) is 0.804. The molecule has 12 N–H and O–H groups in total. The van der Waals surface area contributed by atoms with Gasteiger partial charge in [0.2, 0.25) is 41.7 Å². The van der Waals surface area contributed by atoms with Crippen LogP contribution < -0.4 is 47.5 Å². The number of carboxylic acid groups (broad SMARTS) is 1. The van der Waals surface area contributed by atoms with Crippen LogP contribution in [0.4, 0.5) is 9.18 Å². The Hall–Kier alpha value is -10.3. The number of esters is 1. The van der Waals surface area contributed by atoms with Crippen molar-refractivity contribution in [3.63, 3.8) is 0 Å². The third-order valence-corrected chi connectivity index (χ3v) is 25.4. The fourth-order valence-electron chi connectivity index (χ4n) is 18.1. The Balaban J connectivity index is 0.503. The summed E-state index contributed by atoms with van der Waals surface area (Å²) in [5.74, 6) is -8.19. The topological polar surface area (TPSA) is 577 Å². The number of nitrogens with one attached hydrogen (secondary N) is 7. The van der Waals surface area contributed by atoms with Crippen molar-refractivity contribution in [2.45, 2.75) is 189 Å². The summed E-state index contributed by atoms with van der Waals surface area (Å²) in [5.41, 5.74) is -0.224. The smallest absolute Gasteiger partial charge is 0.407 e. The maximum atomic E-state index is 15.7. The van der Waals surface area contributed by atoms with Crippen molar-refractivity contribution in [3.8, 4) is 17.1 Å². The number of imide groups is 1. The van der Waals surface area contributed by atoms with Crippen molar-refractivity contribution in [2.24, 2.45) is 5.41 Å². The number of amides is 9. The number of fused-ring (bicyclic) bond motifs is 6. The molecule has 9 amide bonds. The van der Waals surface area contributed by atoms with Crippen LogP contribution >= 0.6 is 0 Å². The Bertz CT molecular complexity index is 5030. The minimum absolute atomic E-state index is 0.000638. The fourth-order valence-corrected chi connectivity index (χ4v) is 18.1. The molecular weight excluding hydrogens is 1820 g/mol. The molecule has 0 spiro atoms. The number of aliphatic hydroxyl groups excluding tert-OH is 3. The molecule has 2 aromatic heterocycles. The largest absolute Gasteiger partial charge is 0.479 e. The van der Waals surface area contributed by atoms with E-state index in [1.807, 2.05) is 0 Å². The van der Waals surface area contributed by atoms with Gasteiger partial charge in [-0.2, -0.15) is 0 Å². The Morgan fingerprint density at radius 3 is 1.75 bits per heavy atom. The van der Waals surface area contributed by atoms with Crippen LogP contribution in [0.25, 0.3) is 22.3 Å². The standard InChI is InChI=1S/C92H123FN10O35/c1-4-92(120)59-41-66-76-57(44-102(66)84(114)58(59)47-135-88(92)118)75-61(10-9-56-53(2)60(93)42-63(99-76)74(56)75)100-87(117)90-50-91(51-90,52-90)101-89(119)136-46-54-8-11-67(137-86-79(112)77(110)78(111)82(138-86)85(115)116)55(40-54)43-95-68(104)14-16-94-83(113)62(96-71(107)45-103-72(108)12-13-73(103)109)6-5-7-69(105)97-64-48-133-81-65(49-134-80(64)81)98-70(106)15-17-122-20-21-124-24-25-126-28-29-128-32-33-130-36-37-132-39-38-131-35-34-129-31-30-127-27-26-125-23-22-123-19-18-121-3/h8,11-13,40-42,61-62,64-65,77-82,86,110-112,120H,4-7,9-10,14-39,43-52H2,1-3H3,(H,94,113)(H,95,104)(H,96,107)(H,97,105)(H,98,106)(H,100,117)(H,101,119)(H,115,116)/t61-,62-,64-,65-,77-,78-,79+,80+,81+,82-,86+,90?,91?,92-/m0/s1. The first kappa shape index (κ1) is 105. The highest BCUT2D eigenvalue weighted by molar-refractivity contribution is 6.14. The molecule has 6 aliphatic heterocycles. The van der Waals surface area contributed by atoms with E-state index in [0.29, 0.717) is 194 Å². The van der Waals surface area contributed by atoms with Gasteiger partial charge in [-0.1, -0.05) is 13.0 Å². The van der Waals surface area contributed by atoms with E-state index < -0.39 is 175 Å². The number of nitrogens with zero attached hydrogens (tertiary/aromatic N) is 3. The molecule has 10 aliphatic rings. The number of benzene rings is 2. The van der Waals surface area contributed by atoms with E-state index in [4.69, 9.17) is 90.2 Å². The lowest BCUT2D eigenvalue weighted by Crippen LogP contribution is -2.78. The highest BCUT2D eigenvalue weighted by atomic mass is 19.1. The first-order valence-electron chi connectivity index (χ1n) is 46.4. The van der Waals surface area contributed by atoms with Crippen molar-refractivity contribution in [1.82, 2.24) is 51.7 Å². The number of aliphatic hydroxyl groups is 4. The molecule has 6 fully saturated rings. The highest BCUT2D eigenvalue weighted by Gasteiger charge is 2.72. The van der Waals surface area contributed by atoms with E-state index in [-0.39, 0.29) is 138 Å². The number of carbonyl (C=O) groups excluding carboxylic acids is 10. The van der Waals surface area contributed by atoms with Crippen molar-refractivity contribution in [3.05, 3.63) is 103 Å². The van der Waals surface area contributed by atoms with Crippen LogP contribution in [0.1, 0.15) is 122 Å². The summed E-state index contributed by atoms with van der Waals surface area (Å²) in [6.07, 6.45) is -9.45. The van der Waals surface area contributed by atoms with Crippen LogP contribution in [0.2, 0.25) is 0 Å². The number of cyclic esters (lactones) is 1. The predicted octanol–water partition coefficient (Wildman–Crippen LogP) is -1.56. The van der Waals surface area contributed by atoms with Gasteiger partial charge in [0.05, 0.1) is 218 Å². The zero-order valence-corrected chi connectivity index (χ0v) is 77.3. The summed E-state index contributed by atoms with van der Waals surface area (Å²) in [6.45, 7) is 10.8. The maximum absolute atomic E-state index is 15.7. The average molecular weight is 1950 g/mol. The third kappa shape index (κ3) is 26.7. The van der Waals surface area contributed by atoms with Gasteiger partial charge in [0.15, 0.2) is 11.7 Å². The molecule has 3 saturated heterocycles. The Labute approximate surface area is 792 Å². The van der Waals surface area contributed by atoms with E-state index in [1.54, 1.807) is 27.0 Å². The number of rotatable bonds is 60. The highest BCUT2D eigenvalue weighted by Crippen LogP contribution is 2.67. The summed E-state index contributed by atoms with van der Waals surface area (Å²) in [6, 6.07) is 3.95. The van der Waals surface area contributed by atoms with Crippen LogP contribution in [-0.4, -0.2) is 357 Å². The molecule has 2 bridgehead atoms.